The first kappa shape index (κ1) is 18.6. The van der Waals surface area contributed by atoms with Crippen LogP contribution in [0.2, 0.25) is 0 Å². The molecule has 0 bridgehead atoms. The van der Waals surface area contributed by atoms with Gasteiger partial charge in [0.25, 0.3) is 0 Å². The quantitative estimate of drug-likeness (QED) is 0.769. The summed E-state index contributed by atoms with van der Waals surface area (Å²) in [5, 5.41) is 5.66. The van der Waals surface area contributed by atoms with Crippen LogP contribution in [0.4, 0.5) is 24.5 Å². The molecule has 0 spiro atoms. The van der Waals surface area contributed by atoms with Crippen LogP contribution >= 0.6 is 0 Å². The summed E-state index contributed by atoms with van der Waals surface area (Å²) in [6, 6.07) is 11.7. The number of benzene rings is 2. The van der Waals surface area contributed by atoms with Gasteiger partial charge in [0, 0.05) is 24.3 Å². The molecule has 2 aromatic carbocycles. The van der Waals surface area contributed by atoms with Crippen molar-refractivity contribution in [3.8, 4) is 5.75 Å². The summed E-state index contributed by atoms with van der Waals surface area (Å²) >= 11 is 0. The minimum Gasteiger partial charge on any atom is -0.494 e. The van der Waals surface area contributed by atoms with Gasteiger partial charge in [-0.25, -0.2) is 0 Å². The molecule has 134 valence electrons. The fourth-order valence-electron chi connectivity index (χ4n) is 2.12. The van der Waals surface area contributed by atoms with Gasteiger partial charge in [0.05, 0.1) is 12.2 Å². The van der Waals surface area contributed by atoms with Crippen molar-refractivity contribution < 1.29 is 22.7 Å². The molecular formula is C18H19F3N2O2. The second-order valence-electron chi connectivity index (χ2n) is 5.26. The molecule has 0 fully saturated rings. The van der Waals surface area contributed by atoms with Crippen molar-refractivity contribution in [1.82, 2.24) is 0 Å². The van der Waals surface area contributed by atoms with E-state index in [1.807, 2.05) is 6.92 Å². The zero-order chi connectivity index (χ0) is 18.3. The molecule has 0 unspecified atom stereocenters. The first-order valence-electron chi connectivity index (χ1n) is 7.82. The summed E-state index contributed by atoms with van der Waals surface area (Å²) in [6.07, 6.45) is -4.16. The van der Waals surface area contributed by atoms with Gasteiger partial charge in [0.1, 0.15) is 5.75 Å². The Morgan fingerprint density at radius 3 is 2.16 bits per heavy atom. The summed E-state index contributed by atoms with van der Waals surface area (Å²) in [7, 11) is 0. The lowest BCUT2D eigenvalue weighted by Crippen LogP contribution is -2.16. The smallest absolute Gasteiger partial charge is 0.416 e. The molecular weight excluding hydrogens is 333 g/mol. The Morgan fingerprint density at radius 1 is 1.00 bits per heavy atom. The van der Waals surface area contributed by atoms with Gasteiger partial charge in [0.2, 0.25) is 5.91 Å². The van der Waals surface area contributed by atoms with Gasteiger partial charge < -0.3 is 15.4 Å². The average Bonchev–Trinajstić information content (AvgIpc) is 2.56. The first-order chi connectivity index (χ1) is 11.9. The minimum absolute atomic E-state index is 0.189. The standard InChI is InChI=1S/C18H19F3N2O2/c1-2-25-16-9-7-15(8-10-16)23-17(24)11-12-22-14-5-3-13(4-6-14)18(19,20)21/h3-10,22H,2,11-12H2,1H3,(H,23,24). The van der Waals surface area contributed by atoms with Gasteiger partial charge in [-0.15, -0.1) is 0 Å². The maximum Gasteiger partial charge on any atom is 0.416 e. The van der Waals surface area contributed by atoms with E-state index >= 15 is 0 Å². The first-order valence-corrected chi connectivity index (χ1v) is 7.82. The molecule has 4 nitrogen and oxygen atoms in total. The Morgan fingerprint density at radius 2 is 1.60 bits per heavy atom. The van der Waals surface area contributed by atoms with E-state index in [-0.39, 0.29) is 12.3 Å². The van der Waals surface area contributed by atoms with Gasteiger partial charge in [0.15, 0.2) is 0 Å². The van der Waals surface area contributed by atoms with E-state index < -0.39 is 11.7 Å². The zero-order valence-electron chi connectivity index (χ0n) is 13.7. The summed E-state index contributed by atoms with van der Waals surface area (Å²) in [6.45, 7) is 2.77. The van der Waals surface area contributed by atoms with Crippen LogP contribution in [0.25, 0.3) is 0 Å². The number of rotatable bonds is 7. The molecule has 0 saturated carbocycles. The summed E-state index contributed by atoms with van der Waals surface area (Å²) in [5.74, 6) is 0.535. The van der Waals surface area contributed by atoms with Crippen molar-refractivity contribution in [3.05, 3.63) is 54.1 Å². The van der Waals surface area contributed by atoms with Crippen molar-refractivity contribution in [2.45, 2.75) is 19.5 Å². The van der Waals surface area contributed by atoms with E-state index in [0.717, 1.165) is 17.9 Å². The van der Waals surface area contributed by atoms with E-state index in [9.17, 15) is 18.0 Å². The summed E-state index contributed by atoms with van der Waals surface area (Å²) < 4.78 is 42.7. The largest absolute Gasteiger partial charge is 0.494 e. The van der Waals surface area contributed by atoms with E-state index in [2.05, 4.69) is 10.6 Å². The number of ether oxygens (including phenoxy) is 1. The van der Waals surface area contributed by atoms with Gasteiger partial charge in [-0.3, -0.25) is 4.79 Å². The van der Waals surface area contributed by atoms with Crippen LogP contribution in [0.15, 0.2) is 48.5 Å². The average molecular weight is 352 g/mol. The van der Waals surface area contributed by atoms with Crippen LogP contribution < -0.4 is 15.4 Å². The molecule has 7 heteroatoms. The monoisotopic (exact) mass is 352 g/mol. The van der Waals surface area contributed by atoms with Crippen LogP contribution in [0.5, 0.6) is 5.75 Å². The van der Waals surface area contributed by atoms with Gasteiger partial charge in [-0.2, -0.15) is 13.2 Å². The van der Waals surface area contributed by atoms with Crippen LogP contribution in [-0.2, 0) is 11.0 Å². The number of halogens is 3. The Hall–Kier alpha value is -2.70. The highest BCUT2D eigenvalue weighted by Crippen LogP contribution is 2.29. The zero-order valence-corrected chi connectivity index (χ0v) is 13.7. The minimum atomic E-state index is -4.35. The fraction of sp³-hybridized carbons (Fsp3) is 0.278. The molecule has 0 heterocycles. The highest BCUT2D eigenvalue weighted by atomic mass is 19.4. The predicted octanol–water partition coefficient (Wildman–Crippen LogP) is 4.54. The van der Waals surface area contributed by atoms with E-state index in [1.54, 1.807) is 24.3 Å². The second-order valence-corrected chi connectivity index (χ2v) is 5.26. The van der Waals surface area contributed by atoms with Crippen LogP contribution in [0.3, 0.4) is 0 Å². The Bertz CT molecular complexity index is 683. The number of hydrogen-bond donors (Lipinski definition) is 2. The lowest BCUT2D eigenvalue weighted by atomic mass is 10.2. The highest BCUT2D eigenvalue weighted by molar-refractivity contribution is 5.91. The molecule has 0 atom stereocenters. The topological polar surface area (TPSA) is 50.4 Å². The third-order valence-electron chi connectivity index (χ3n) is 3.34. The van der Waals surface area contributed by atoms with Crippen molar-refractivity contribution in [1.29, 1.82) is 0 Å². The normalized spacial score (nSPS) is 11.0. The number of carbonyl (C=O) groups is 1. The van der Waals surface area contributed by atoms with E-state index in [0.29, 0.717) is 24.5 Å². The number of hydrogen-bond acceptors (Lipinski definition) is 3. The molecule has 2 N–H and O–H groups in total. The molecule has 2 rings (SSSR count). The lowest BCUT2D eigenvalue weighted by molar-refractivity contribution is -0.137. The number of nitrogens with one attached hydrogen (secondary N) is 2. The van der Waals surface area contributed by atoms with Crippen LogP contribution in [-0.4, -0.2) is 19.1 Å². The van der Waals surface area contributed by atoms with Gasteiger partial charge >= 0.3 is 6.18 Å². The molecule has 2 aromatic rings. The SMILES string of the molecule is CCOc1ccc(NC(=O)CCNc2ccc(C(F)(F)F)cc2)cc1. The van der Waals surface area contributed by atoms with Crippen molar-refractivity contribution in [2.75, 3.05) is 23.8 Å². The van der Waals surface area contributed by atoms with Gasteiger partial charge in [-0.05, 0) is 55.5 Å². The third kappa shape index (κ3) is 6.02. The molecule has 0 aliphatic heterocycles. The molecule has 0 saturated heterocycles. The van der Waals surface area contributed by atoms with Crippen LogP contribution in [0.1, 0.15) is 18.9 Å². The van der Waals surface area contributed by atoms with Crippen molar-refractivity contribution in [3.63, 3.8) is 0 Å². The summed E-state index contributed by atoms with van der Waals surface area (Å²) in [5.41, 5.74) is 0.483. The maximum atomic E-state index is 12.5. The number of amides is 1. The Kier molecular flexibility index (Phi) is 6.27. The lowest BCUT2D eigenvalue weighted by Gasteiger charge is -2.10. The number of alkyl halides is 3. The fourth-order valence-corrected chi connectivity index (χ4v) is 2.12. The Labute approximate surface area is 144 Å². The second kappa shape index (κ2) is 8.41. The van der Waals surface area contributed by atoms with Crippen LogP contribution in [0, 0.1) is 0 Å². The molecule has 0 aromatic heterocycles. The van der Waals surface area contributed by atoms with Crippen molar-refractivity contribution >= 4 is 17.3 Å². The highest BCUT2D eigenvalue weighted by Gasteiger charge is 2.29. The predicted molar refractivity (Wildman–Crippen MR) is 90.8 cm³/mol. The molecule has 0 aliphatic rings. The number of carbonyl (C=O) groups excluding carboxylic acids is 1. The molecule has 0 radical (unpaired) electrons. The molecule has 25 heavy (non-hydrogen) atoms. The molecule has 1 amide bonds. The third-order valence-corrected chi connectivity index (χ3v) is 3.34. The summed E-state index contributed by atoms with van der Waals surface area (Å²) in [4.78, 5) is 11.9. The Balaban J connectivity index is 1.76. The van der Waals surface area contributed by atoms with E-state index in [4.69, 9.17) is 4.74 Å². The van der Waals surface area contributed by atoms with Gasteiger partial charge in [-0.1, -0.05) is 0 Å². The van der Waals surface area contributed by atoms with Crippen molar-refractivity contribution in [2.24, 2.45) is 0 Å². The van der Waals surface area contributed by atoms with E-state index in [1.165, 1.54) is 12.1 Å². The maximum absolute atomic E-state index is 12.5. The molecule has 0 aliphatic carbocycles. The number of anilines is 2.